The fourth-order valence-corrected chi connectivity index (χ4v) is 1.98. The van der Waals surface area contributed by atoms with Gasteiger partial charge in [0.15, 0.2) is 0 Å². The van der Waals surface area contributed by atoms with Crippen LogP contribution in [0.3, 0.4) is 0 Å². The van der Waals surface area contributed by atoms with E-state index in [1.807, 2.05) is 0 Å². The van der Waals surface area contributed by atoms with Crippen LogP contribution in [0.4, 0.5) is 0 Å². The van der Waals surface area contributed by atoms with Crippen molar-refractivity contribution in [1.29, 1.82) is 0 Å². The summed E-state index contributed by atoms with van der Waals surface area (Å²) in [7, 11) is 0. The van der Waals surface area contributed by atoms with E-state index < -0.39 is 0 Å². The van der Waals surface area contributed by atoms with Gasteiger partial charge in [0, 0.05) is 24.8 Å². The Kier molecular flexibility index (Phi) is 6.55. The molecule has 1 unspecified atom stereocenters. The molecule has 0 bridgehead atoms. The number of nitrogens with zero attached hydrogens (tertiary/aromatic N) is 2. The lowest BCUT2D eigenvalue weighted by Crippen LogP contribution is -2.29. The molecule has 0 spiro atoms. The largest absolute Gasteiger partial charge is 0.352 e. The zero-order chi connectivity index (χ0) is 12.5. The molecule has 4 nitrogen and oxygen atoms in total. The van der Waals surface area contributed by atoms with Gasteiger partial charge in [0.1, 0.15) is 6.33 Å². The fourth-order valence-electron chi connectivity index (χ4n) is 1.67. The summed E-state index contributed by atoms with van der Waals surface area (Å²) in [6.45, 7) is 2.79. The number of carbonyl (C=O) groups is 1. The van der Waals surface area contributed by atoms with Crippen LogP contribution in [0.25, 0.3) is 0 Å². The summed E-state index contributed by atoms with van der Waals surface area (Å²) in [5, 5.41) is 2.89. The number of nitrogens with one attached hydrogen (secondary N) is 1. The van der Waals surface area contributed by atoms with Gasteiger partial charge in [-0.1, -0.05) is 13.3 Å². The Labute approximate surface area is 107 Å². The number of amides is 1. The summed E-state index contributed by atoms with van der Waals surface area (Å²) < 4.78 is 0. The predicted molar refractivity (Wildman–Crippen MR) is 68.1 cm³/mol. The summed E-state index contributed by atoms with van der Waals surface area (Å²) in [6.07, 6.45) is 7.55. The molecule has 1 atom stereocenters. The molecule has 5 heteroatoms. The van der Waals surface area contributed by atoms with Crippen molar-refractivity contribution in [3.63, 3.8) is 0 Å². The summed E-state index contributed by atoms with van der Waals surface area (Å²) in [6, 6.07) is 0. The predicted octanol–water partition coefficient (Wildman–Crippen LogP) is 2.25. The monoisotopic (exact) mass is 255 g/mol. The first kappa shape index (κ1) is 13.9. The maximum Gasteiger partial charge on any atom is 0.254 e. The Bertz CT molecular complexity index is 326. The van der Waals surface area contributed by atoms with E-state index in [-0.39, 0.29) is 5.91 Å². The van der Waals surface area contributed by atoms with E-state index in [9.17, 15) is 4.79 Å². The van der Waals surface area contributed by atoms with Gasteiger partial charge in [0.2, 0.25) is 0 Å². The van der Waals surface area contributed by atoms with Crippen molar-refractivity contribution in [1.82, 2.24) is 15.3 Å². The van der Waals surface area contributed by atoms with Crippen LogP contribution < -0.4 is 5.32 Å². The molecule has 17 heavy (non-hydrogen) atoms. The van der Waals surface area contributed by atoms with Crippen LogP contribution >= 0.6 is 11.6 Å². The highest BCUT2D eigenvalue weighted by Gasteiger charge is 2.10. The lowest BCUT2D eigenvalue weighted by molar-refractivity contribution is 0.0945. The van der Waals surface area contributed by atoms with Gasteiger partial charge in [-0.2, -0.15) is 0 Å². The highest BCUT2D eigenvalue weighted by atomic mass is 35.5. The molecule has 0 fully saturated rings. The van der Waals surface area contributed by atoms with Crippen LogP contribution in [-0.2, 0) is 0 Å². The summed E-state index contributed by atoms with van der Waals surface area (Å²) in [5.74, 6) is 0.960. The third kappa shape index (κ3) is 5.13. The Morgan fingerprint density at radius 3 is 2.71 bits per heavy atom. The lowest BCUT2D eigenvalue weighted by Gasteiger charge is -2.15. The molecule has 1 aromatic heterocycles. The molecule has 94 valence electrons. The van der Waals surface area contributed by atoms with Crippen LogP contribution in [0.15, 0.2) is 18.7 Å². The van der Waals surface area contributed by atoms with Crippen LogP contribution in [0, 0.1) is 5.92 Å². The van der Waals surface area contributed by atoms with Crippen molar-refractivity contribution < 1.29 is 4.79 Å². The number of carbonyl (C=O) groups excluding carboxylic acids is 1. The van der Waals surface area contributed by atoms with Crippen molar-refractivity contribution in [3.8, 4) is 0 Å². The van der Waals surface area contributed by atoms with Gasteiger partial charge in [0.25, 0.3) is 5.91 Å². The van der Waals surface area contributed by atoms with E-state index in [4.69, 9.17) is 11.6 Å². The maximum atomic E-state index is 11.7. The van der Waals surface area contributed by atoms with E-state index in [2.05, 4.69) is 22.2 Å². The van der Waals surface area contributed by atoms with E-state index in [1.54, 1.807) is 0 Å². The topological polar surface area (TPSA) is 54.9 Å². The molecule has 1 amide bonds. The van der Waals surface area contributed by atoms with Crippen molar-refractivity contribution in [3.05, 3.63) is 24.3 Å². The van der Waals surface area contributed by atoms with Gasteiger partial charge < -0.3 is 5.32 Å². The van der Waals surface area contributed by atoms with Crippen LogP contribution in [-0.4, -0.2) is 28.3 Å². The minimum absolute atomic E-state index is 0.124. The summed E-state index contributed by atoms with van der Waals surface area (Å²) in [5.41, 5.74) is 0.494. The van der Waals surface area contributed by atoms with E-state index in [0.29, 0.717) is 23.9 Å². The first-order valence-corrected chi connectivity index (χ1v) is 6.40. The van der Waals surface area contributed by atoms with E-state index in [0.717, 1.165) is 19.3 Å². The number of alkyl halides is 1. The Hall–Kier alpha value is -1.16. The normalized spacial score (nSPS) is 12.1. The highest BCUT2D eigenvalue weighted by Crippen LogP contribution is 2.11. The summed E-state index contributed by atoms with van der Waals surface area (Å²) >= 11 is 5.73. The molecule has 0 aromatic carbocycles. The Morgan fingerprint density at radius 1 is 1.41 bits per heavy atom. The van der Waals surface area contributed by atoms with Crippen LogP contribution in [0.1, 0.15) is 36.5 Å². The molecule has 0 radical (unpaired) electrons. The van der Waals surface area contributed by atoms with Gasteiger partial charge in [-0.25, -0.2) is 9.97 Å². The second-order valence-electron chi connectivity index (χ2n) is 3.97. The first-order chi connectivity index (χ1) is 8.27. The second kappa shape index (κ2) is 8.01. The zero-order valence-corrected chi connectivity index (χ0v) is 10.8. The SMILES string of the molecule is CCCC(CCCl)CNC(=O)c1cncnc1. The number of hydrogen-bond donors (Lipinski definition) is 1. The molecular weight excluding hydrogens is 238 g/mol. The highest BCUT2D eigenvalue weighted by molar-refractivity contribution is 6.17. The third-order valence-corrected chi connectivity index (χ3v) is 2.81. The summed E-state index contributed by atoms with van der Waals surface area (Å²) in [4.78, 5) is 19.4. The molecule has 1 rings (SSSR count). The number of aromatic nitrogens is 2. The first-order valence-electron chi connectivity index (χ1n) is 5.87. The molecule has 1 heterocycles. The van der Waals surface area contributed by atoms with Crippen LogP contribution in [0.2, 0.25) is 0 Å². The van der Waals surface area contributed by atoms with Gasteiger partial charge in [-0.15, -0.1) is 11.6 Å². The Morgan fingerprint density at radius 2 is 2.12 bits per heavy atom. The van der Waals surface area contributed by atoms with Crippen LogP contribution in [0.5, 0.6) is 0 Å². The Balaban J connectivity index is 2.41. The molecule has 0 saturated carbocycles. The maximum absolute atomic E-state index is 11.7. The van der Waals surface area contributed by atoms with Gasteiger partial charge in [-0.3, -0.25) is 4.79 Å². The molecule has 0 saturated heterocycles. The second-order valence-corrected chi connectivity index (χ2v) is 4.35. The van der Waals surface area contributed by atoms with Crippen molar-refractivity contribution in [2.45, 2.75) is 26.2 Å². The number of rotatable bonds is 7. The smallest absolute Gasteiger partial charge is 0.254 e. The molecule has 0 aliphatic heterocycles. The quantitative estimate of drug-likeness (QED) is 0.761. The van der Waals surface area contributed by atoms with E-state index >= 15 is 0 Å². The van der Waals surface area contributed by atoms with Crippen molar-refractivity contribution >= 4 is 17.5 Å². The molecule has 0 aliphatic rings. The fraction of sp³-hybridized carbons (Fsp3) is 0.583. The van der Waals surface area contributed by atoms with Crippen molar-refractivity contribution in [2.75, 3.05) is 12.4 Å². The standard InChI is InChI=1S/C12H18ClN3O/c1-2-3-10(4-5-13)6-16-12(17)11-7-14-9-15-8-11/h7-10H,2-6H2,1H3,(H,16,17). The van der Waals surface area contributed by atoms with Gasteiger partial charge in [-0.05, 0) is 18.8 Å². The molecule has 0 aliphatic carbocycles. The minimum Gasteiger partial charge on any atom is -0.352 e. The van der Waals surface area contributed by atoms with Gasteiger partial charge >= 0.3 is 0 Å². The number of halogens is 1. The van der Waals surface area contributed by atoms with Gasteiger partial charge in [0.05, 0.1) is 5.56 Å². The molecular formula is C12H18ClN3O. The minimum atomic E-state index is -0.124. The molecule has 1 aromatic rings. The van der Waals surface area contributed by atoms with E-state index in [1.165, 1.54) is 18.7 Å². The molecule has 1 N–H and O–H groups in total. The zero-order valence-electron chi connectivity index (χ0n) is 10.0. The average molecular weight is 256 g/mol. The van der Waals surface area contributed by atoms with Crippen molar-refractivity contribution in [2.24, 2.45) is 5.92 Å². The lowest BCUT2D eigenvalue weighted by atomic mass is 10.0. The third-order valence-electron chi connectivity index (χ3n) is 2.59. The number of hydrogen-bond acceptors (Lipinski definition) is 3. The average Bonchev–Trinajstić information content (AvgIpc) is 2.37.